The van der Waals surface area contributed by atoms with Crippen LogP contribution < -0.4 is 10.2 Å². The van der Waals surface area contributed by atoms with Gasteiger partial charge in [-0.1, -0.05) is 35.5 Å². The summed E-state index contributed by atoms with van der Waals surface area (Å²) in [5, 5.41) is 6.87. The van der Waals surface area contributed by atoms with Gasteiger partial charge in [0.05, 0.1) is 6.54 Å². The van der Waals surface area contributed by atoms with Crippen molar-refractivity contribution in [3.05, 3.63) is 54.7 Å². The summed E-state index contributed by atoms with van der Waals surface area (Å²) in [6.45, 7) is 1.77. The molecule has 27 heavy (non-hydrogen) atoms. The molecule has 8 heteroatoms. The monoisotopic (exact) mass is 364 g/mol. The fourth-order valence-corrected chi connectivity index (χ4v) is 3.13. The number of aromatic nitrogens is 4. The Morgan fingerprint density at radius 3 is 2.59 bits per heavy atom. The van der Waals surface area contributed by atoms with E-state index in [9.17, 15) is 4.79 Å². The van der Waals surface area contributed by atoms with E-state index in [0.717, 1.165) is 37.4 Å². The zero-order valence-electron chi connectivity index (χ0n) is 14.8. The van der Waals surface area contributed by atoms with E-state index in [1.165, 1.54) is 0 Å². The van der Waals surface area contributed by atoms with Crippen molar-refractivity contribution in [1.29, 1.82) is 0 Å². The number of nitrogens with zero attached hydrogens (tertiary/aromatic N) is 5. The molecule has 138 valence electrons. The molecule has 1 aliphatic heterocycles. The molecule has 1 saturated heterocycles. The summed E-state index contributed by atoms with van der Waals surface area (Å²) in [7, 11) is 0. The first kappa shape index (κ1) is 17.1. The van der Waals surface area contributed by atoms with Gasteiger partial charge in [0.1, 0.15) is 0 Å². The highest BCUT2D eigenvalue weighted by atomic mass is 16.5. The molecule has 0 radical (unpaired) electrons. The number of benzene rings is 1. The van der Waals surface area contributed by atoms with Gasteiger partial charge in [0, 0.05) is 37.0 Å². The van der Waals surface area contributed by atoms with Crippen LogP contribution in [-0.4, -0.2) is 39.1 Å². The van der Waals surface area contributed by atoms with E-state index >= 15 is 0 Å². The molecule has 1 aromatic carbocycles. The Labute approximate surface area is 156 Å². The van der Waals surface area contributed by atoms with Crippen molar-refractivity contribution >= 4 is 11.9 Å². The van der Waals surface area contributed by atoms with Crippen LogP contribution in [0.3, 0.4) is 0 Å². The maximum absolute atomic E-state index is 12.4. The average molecular weight is 364 g/mol. The summed E-state index contributed by atoms with van der Waals surface area (Å²) in [5.74, 6) is 1.63. The molecule has 8 nitrogen and oxygen atoms in total. The van der Waals surface area contributed by atoms with Crippen LogP contribution in [0, 0.1) is 5.92 Å². The molecule has 0 unspecified atom stereocenters. The maximum Gasteiger partial charge on any atom is 0.246 e. The smallest absolute Gasteiger partial charge is 0.246 e. The zero-order valence-corrected chi connectivity index (χ0v) is 14.8. The lowest BCUT2D eigenvalue weighted by molar-refractivity contribution is -0.125. The summed E-state index contributed by atoms with van der Waals surface area (Å²) in [5.41, 5.74) is 0.884. The minimum absolute atomic E-state index is 0.0168. The fraction of sp³-hybridized carbons (Fsp3) is 0.316. The number of nitrogens with one attached hydrogen (secondary N) is 1. The molecule has 1 fully saturated rings. The van der Waals surface area contributed by atoms with E-state index in [0.29, 0.717) is 11.7 Å². The predicted molar refractivity (Wildman–Crippen MR) is 98.5 cm³/mol. The number of hydrogen-bond acceptors (Lipinski definition) is 7. The summed E-state index contributed by atoms with van der Waals surface area (Å²) >= 11 is 0. The van der Waals surface area contributed by atoms with E-state index in [1.807, 2.05) is 30.3 Å². The molecular formula is C19H20N6O2. The lowest BCUT2D eigenvalue weighted by Gasteiger charge is -2.31. The third-order valence-corrected chi connectivity index (χ3v) is 4.61. The first-order valence-electron chi connectivity index (χ1n) is 8.97. The second-order valence-electron chi connectivity index (χ2n) is 6.41. The van der Waals surface area contributed by atoms with Crippen LogP contribution in [0.5, 0.6) is 0 Å². The quantitative estimate of drug-likeness (QED) is 0.740. The Morgan fingerprint density at radius 1 is 1.11 bits per heavy atom. The highest BCUT2D eigenvalue weighted by Crippen LogP contribution is 2.20. The second kappa shape index (κ2) is 7.94. The third kappa shape index (κ3) is 4.11. The molecule has 0 bridgehead atoms. The maximum atomic E-state index is 12.4. The van der Waals surface area contributed by atoms with Gasteiger partial charge in [0.2, 0.25) is 23.6 Å². The van der Waals surface area contributed by atoms with Crippen molar-refractivity contribution in [3.8, 4) is 11.4 Å². The number of anilines is 1. The Bertz CT molecular complexity index is 875. The molecule has 1 aliphatic rings. The van der Waals surface area contributed by atoms with E-state index in [1.54, 1.807) is 18.5 Å². The first-order chi connectivity index (χ1) is 13.3. The summed E-state index contributed by atoms with van der Waals surface area (Å²) < 4.78 is 5.23. The molecule has 0 saturated carbocycles. The highest BCUT2D eigenvalue weighted by molar-refractivity contribution is 5.78. The number of hydrogen-bond donors (Lipinski definition) is 1. The largest absolute Gasteiger partial charge is 0.347 e. The van der Waals surface area contributed by atoms with Crippen LogP contribution in [-0.2, 0) is 11.3 Å². The van der Waals surface area contributed by atoms with Crippen LogP contribution in [0.25, 0.3) is 11.4 Å². The van der Waals surface area contributed by atoms with Crippen molar-refractivity contribution < 1.29 is 9.32 Å². The normalized spacial score (nSPS) is 14.9. The molecule has 4 rings (SSSR count). The minimum Gasteiger partial charge on any atom is -0.347 e. The van der Waals surface area contributed by atoms with Gasteiger partial charge in [-0.3, -0.25) is 4.79 Å². The van der Waals surface area contributed by atoms with E-state index in [4.69, 9.17) is 4.52 Å². The van der Waals surface area contributed by atoms with Crippen LogP contribution in [0.4, 0.5) is 5.95 Å². The Balaban J connectivity index is 1.27. The van der Waals surface area contributed by atoms with Gasteiger partial charge in [-0.25, -0.2) is 9.97 Å². The molecule has 0 atom stereocenters. The molecule has 1 N–H and O–H groups in total. The number of carbonyl (C=O) groups is 1. The number of piperidine rings is 1. The summed E-state index contributed by atoms with van der Waals surface area (Å²) in [6.07, 6.45) is 5.00. The molecule has 3 heterocycles. The molecule has 0 spiro atoms. The molecule has 0 aliphatic carbocycles. The van der Waals surface area contributed by atoms with Crippen molar-refractivity contribution in [2.75, 3.05) is 18.0 Å². The van der Waals surface area contributed by atoms with E-state index in [-0.39, 0.29) is 18.4 Å². The molecular weight excluding hydrogens is 344 g/mol. The number of carbonyl (C=O) groups excluding carboxylic acids is 1. The average Bonchev–Trinajstić information content (AvgIpc) is 3.22. The van der Waals surface area contributed by atoms with Gasteiger partial charge < -0.3 is 14.7 Å². The van der Waals surface area contributed by atoms with Crippen molar-refractivity contribution in [1.82, 2.24) is 25.4 Å². The molecule has 1 amide bonds. The van der Waals surface area contributed by atoms with E-state index in [2.05, 4.69) is 30.3 Å². The van der Waals surface area contributed by atoms with Gasteiger partial charge in [0.15, 0.2) is 0 Å². The second-order valence-corrected chi connectivity index (χ2v) is 6.41. The lowest BCUT2D eigenvalue weighted by Crippen LogP contribution is -2.41. The molecule has 2 aromatic heterocycles. The number of rotatable bonds is 5. The summed E-state index contributed by atoms with van der Waals surface area (Å²) in [4.78, 5) is 27.4. The SMILES string of the molecule is O=C(NCc1nc(-c2ccccc2)no1)C1CCN(c2ncccn2)CC1. The van der Waals surface area contributed by atoms with Gasteiger partial charge >= 0.3 is 0 Å². The van der Waals surface area contributed by atoms with Crippen LogP contribution in [0.2, 0.25) is 0 Å². The molecule has 3 aromatic rings. The summed E-state index contributed by atoms with van der Waals surface area (Å²) in [6, 6.07) is 11.4. The van der Waals surface area contributed by atoms with Crippen LogP contribution >= 0.6 is 0 Å². The topological polar surface area (TPSA) is 97.0 Å². The predicted octanol–water partition coefficient (Wildman–Crippen LogP) is 2.06. The van der Waals surface area contributed by atoms with Gasteiger partial charge in [-0.05, 0) is 18.9 Å². The van der Waals surface area contributed by atoms with Gasteiger partial charge in [-0.15, -0.1) is 0 Å². The first-order valence-corrected chi connectivity index (χ1v) is 8.97. The zero-order chi connectivity index (χ0) is 18.5. The van der Waals surface area contributed by atoms with Crippen molar-refractivity contribution in [2.24, 2.45) is 5.92 Å². The van der Waals surface area contributed by atoms with Gasteiger partial charge in [-0.2, -0.15) is 4.98 Å². The Morgan fingerprint density at radius 2 is 1.85 bits per heavy atom. The van der Waals surface area contributed by atoms with Crippen molar-refractivity contribution in [2.45, 2.75) is 19.4 Å². The van der Waals surface area contributed by atoms with E-state index < -0.39 is 0 Å². The lowest BCUT2D eigenvalue weighted by atomic mass is 9.96. The highest BCUT2D eigenvalue weighted by Gasteiger charge is 2.26. The Kier molecular flexibility index (Phi) is 5.04. The van der Waals surface area contributed by atoms with Crippen LogP contribution in [0.1, 0.15) is 18.7 Å². The van der Waals surface area contributed by atoms with Crippen LogP contribution in [0.15, 0.2) is 53.3 Å². The minimum atomic E-state index is -0.0264. The standard InChI is InChI=1S/C19H20N6O2/c26-18(15-7-11-25(12-8-15)19-20-9-4-10-21-19)22-13-16-23-17(24-27-16)14-5-2-1-3-6-14/h1-6,9-10,15H,7-8,11-13H2,(H,22,26). The number of amides is 1. The van der Waals surface area contributed by atoms with Gasteiger partial charge in [0.25, 0.3) is 0 Å². The van der Waals surface area contributed by atoms with Crippen molar-refractivity contribution in [3.63, 3.8) is 0 Å². The Hall–Kier alpha value is -3.29. The third-order valence-electron chi connectivity index (χ3n) is 4.61. The fourth-order valence-electron chi connectivity index (χ4n) is 3.13.